The van der Waals surface area contributed by atoms with Gasteiger partial charge >= 0.3 is 0 Å². The molecule has 2 rings (SSSR count). The van der Waals surface area contributed by atoms with E-state index in [1.807, 2.05) is 31.2 Å². The molecule has 0 fully saturated rings. The highest BCUT2D eigenvalue weighted by Gasteiger charge is 2.07. The molecule has 4 heteroatoms. The van der Waals surface area contributed by atoms with Gasteiger partial charge in [0.25, 0.3) is 0 Å². The van der Waals surface area contributed by atoms with Crippen molar-refractivity contribution in [3.05, 3.63) is 63.4 Å². The van der Waals surface area contributed by atoms with Gasteiger partial charge in [-0.2, -0.15) is 5.26 Å². The smallest absolute Gasteiger partial charge is 0.129 e. The van der Waals surface area contributed by atoms with Crippen LogP contribution in [0.4, 0.5) is 10.1 Å². The molecule has 0 aliphatic heterocycles. The number of halogens is 2. The third-order valence-corrected chi connectivity index (χ3v) is 3.48. The Morgan fingerprint density at radius 1 is 1.25 bits per heavy atom. The van der Waals surface area contributed by atoms with Gasteiger partial charge in [0, 0.05) is 22.8 Å². The molecule has 0 aromatic heterocycles. The molecule has 2 aromatic carbocycles. The Morgan fingerprint density at radius 2 is 2.00 bits per heavy atom. The molecule has 0 bridgehead atoms. The van der Waals surface area contributed by atoms with E-state index >= 15 is 0 Å². The minimum absolute atomic E-state index is 0.309. The van der Waals surface area contributed by atoms with Crippen LogP contribution in [-0.2, 0) is 6.54 Å². The Kier molecular flexibility index (Phi) is 4.26. The van der Waals surface area contributed by atoms with Gasteiger partial charge in [-0.05, 0) is 49.2 Å². The average molecular weight is 289 g/mol. The van der Waals surface area contributed by atoms with Crippen LogP contribution in [0.2, 0.25) is 5.02 Å². The van der Waals surface area contributed by atoms with Crippen LogP contribution in [0.1, 0.15) is 22.3 Å². The normalized spacial score (nSPS) is 10.2. The van der Waals surface area contributed by atoms with Gasteiger partial charge in [0.05, 0.1) is 11.6 Å². The number of benzene rings is 2. The molecule has 2 aromatic rings. The molecule has 0 aliphatic rings. The molecule has 0 unspecified atom stereocenters. The van der Waals surface area contributed by atoms with E-state index in [4.69, 9.17) is 16.9 Å². The predicted octanol–water partition coefficient (Wildman–Crippen LogP) is 4.58. The second kappa shape index (κ2) is 5.94. The van der Waals surface area contributed by atoms with E-state index in [2.05, 4.69) is 5.32 Å². The third-order valence-electron chi connectivity index (χ3n) is 3.25. The summed E-state index contributed by atoms with van der Waals surface area (Å²) < 4.78 is 13.7. The van der Waals surface area contributed by atoms with Gasteiger partial charge in [0.15, 0.2) is 0 Å². The van der Waals surface area contributed by atoms with Crippen molar-refractivity contribution in [1.29, 1.82) is 5.26 Å². The van der Waals surface area contributed by atoms with Crippen molar-refractivity contribution < 1.29 is 4.39 Å². The van der Waals surface area contributed by atoms with E-state index < -0.39 is 0 Å². The van der Waals surface area contributed by atoms with Gasteiger partial charge in [0.2, 0.25) is 0 Å². The molecule has 0 radical (unpaired) electrons. The molecule has 0 saturated heterocycles. The van der Waals surface area contributed by atoms with Crippen LogP contribution < -0.4 is 5.32 Å². The average Bonchev–Trinajstić information content (AvgIpc) is 2.41. The van der Waals surface area contributed by atoms with Crippen molar-refractivity contribution in [3.8, 4) is 6.07 Å². The molecule has 0 spiro atoms. The minimum Gasteiger partial charge on any atom is -0.381 e. The summed E-state index contributed by atoms with van der Waals surface area (Å²) in [4.78, 5) is 0. The molecule has 0 aliphatic carbocycles. The summed E-state index contributed by atoms with van der Waals surface area (Å²) in [6, 6.07) is 10.5. The first-order valence-corrected chi connectivity index (χ1v) is 6.58. The number of nitrogens with zero attached hydrogens (tertiary/aromatic N) is 1. The highest BCUT2D eigenvalue weighted by atomic mass is 35.5. The van der Waals surface area contributed by atoms with Gasteiger partial charge in [-0.1, -0.05) is 17.7 Å². The summed E-state index contributed by atoms with van der Waals surface area (Å²) in [6.07, 6.45) is 0. The number of nitriles is 1. The molecule has 1 N–H and O–H groups in total. The van der Waals surface area contributed by atoms with Crippen LogP contribution >= 0.6 is 11.6 Å². The topological polar surface area (TPSA) is 35.8 Å². The van der Waals surface area contributed by atoms with Crippen molar-refractivity contribution in [1.82, 2.24) is 0 Å². The summed E-state index contributed by atoms with van der Waals surface area (Å²) in [5.74, 6) is -0.376. The first kappa shape index (κ1) is 14.4. The molecule has 20 heavy (non-hydrogen) atoms. The van der Waals surface area contributed by atoms with Gasteiger partial charge in [0.1, 0.15) is 5.82 Å². The standard InChI is InChI=1S/C16H14ClFN2/c1-10-5-14(17)4-3-13(10)9-20-16-7-12(8-19)6-15(18)11(16)2/h3-7,20H,9H2,1-2H3. The van der Waals surface area contributed by atoms with Crippen LogP contribution in [0.25, 0.3) is 0 Å². The van der Waals surface area contributed by atoms with Crippen LogP contribution in [0.15, 0.2) is 30.3 Å². The summed E-state index contributed by atoms with van der Waals surface area (Å²) in [5.41, 5.74) is 3.60. The van der Waals surface area contributed by atoms with E-state index in [-0.39, 0.29) is 5.82 Å². The molecule has 102 valence electrons. The third kappa shape index (κ3) is 3.09. The lowest BCUT2D eigenvalue weighted by molar-refractivity contribution is 0.618. The van der Waals surface area contributed by atoms with E-state index in [1.165, 1.54) is 6.07 Å². The summed E-state index contributed by atoms with van der Waals surface area (Å²) in [7, 11) is 0. The number of hydrogen-bond donors (Lipinski definition) is 1. The van der Waals surface area contributed by atoms with Crippen molar-refractivity contribution in [2.45, 2.75) is 20.4 Å². The van der Waals surface area contributed by atoms with Gasteiger partial charge in [-0.3, -0.25) is 0 Å². The first-order valence-electron chi connectivity index (χ1n) is 6.20. The molecular formula is C16H14ClFN2. The maximum Gasteiger partial charge on any atom is 0.129 e. The number of aryl methyl sites for hydroxylation is 1. The molecule has 0 heterocycles. The maximum absolute atomic E-state index is 13.7. The van der Waals surface area contributed by atoms with Crippen molar-refractivity contribution in [3.63, 3.8) is 0 Å². The van der Waals surface area contributed by atoms with E-state index in [1.54, 1.807) is 13.0 Å². The van der Waals surface area contributed by atoms with Crippen LogP contribution in [0.3, 0.4) is 0 Å². The molecular weight excluding hydrogens is 275 g/mol. The van der Waals surface area contributed by atoms with Crippen molar-refractivity contribution in [2.75, 3.05) is 5.32 Å². The van der Waals surface area contributed by atoms with E-state index in [9.17, 15) is 4.39 Å². The number of rotatable bonds is 3. The Balaban J connectivity index is 2.23. The lowest BCUT2D eigenvalue weighted by Crippen LogP contribution is -2.04. The zero-order valence-corrected chi connectivity index (χ0v) is 12.1. The van der Waals surface area contributed by atoms with Crippen LogP contribution in [-0.4, -0.2) is 0 Å². The monoisotopic (exact) mass is 288 g/mol. The highest BCUT2D eigenvalue weighted by molar-refractivity contribution is 6.30. The van der Waals surface area contributed by atoms with Crippen molar-refractivity contribution >= 4 is 17.3 Å². The van der Waals surface area contributed by atoms with E-state index in [0.717, 1.165) is 11.1 Å². The maximum atomic E-state index is 13.7. The Hall–Kier alpha value is -2.05. The second-order valence-corrected chi connectivity index (χ2v) is 5.10. The van der Waals surface area contributed by atoms with Gasteiger partial charge < -0.3 is 5.32 Å². The summed E-state index contributed by atoms with van der Waals surface area (Å²) in [5, 5.41) is 12.7. The second-order valence-electron chi connectivity index (χ2n) is 4.67. The van der Waals surface area contributed by atoms with Gasteiger partial charge in [-0.15, -0.1) is 0 Å². The zero-order chi connectivity index (χ0) is 14.7. The Bertz CT molecular complexity index is 690. The zero-order valence-electron chi connectivity index (χ0n) is 11.3. The number of nitrogens with one attached hydrogen (secondary N) is 1. The van der Waals surface area contributed by atoms with Crippen LogP contribution in [0, 0.1) is 31.0 Å². The molecule has 2 nitrogen and oxygen atoms in total. The molecule has 0 amide bonds. The lowest BCUT2D eigenvalue weighted by Gasteiger charge is -2.12. The highest BCUT2D eigenvalue weighted by Crippen LogP contribution is 2.22. The predicted molar refractivity (Wildman–Crippen MR) is 79.4 cm³/mol. The minimum atomic E-state index is -0.376. The molecule has 0 atom stereocenters. The van der Waals surface area contributed by atoms with E-state index in [0.29, 0.717) is 28.4 Å². The summed E-state index contributed by atoms with van der Waals surface area (Å²) >= 11 is 5.91. The van der Waals surface area contributed by atoms with Gasteiger partial charge in [-0.25, -0.2) is 4.39 Å². The Morgan fingerprint density at radius 3 is 2.65 bits per heavy atom. The quantitative estimate of drug-likeness (QED) is 0.897. The SMILES string of the molecule is Cc1cc(Cl)ccc1CNc1cc(C#N)cc(F)c1C. The van der Waals surface area contributed by atoms with Crippen molar-refractivity contribution in [2.24, 2.45) is 0 Å². The number of hydrogen-bond acceptors (Lipinski definition) is 2. The fraction of sp³-hybridized carbons (Fsp3) is 0.188. The van der Waals surface area contributed by atoms with Crippen LogP contribution in [0.5, 0.6) is 0 Å². The lowest BCUT2D eigenvalue weighted by atomic mass is 10.1. The molecule has 0 saturated carbocycles. The number of anilines is 1. The Labute approximate surface area is 122 Å². The first-order chi connectivity index (χ1) is 9.51. The summed E-state index contributed by atoms with van der Waals surface area (Å²) in [6.45, 7) is 4.22. The largest absolute Gasteiger partial charge is 0.381 e. The fourth-order valence-corrected chi connectivity index (χ4v) is 2.20. The fourth-order valence-electron chi connectivity index (χ4n) is 1.98.